The molecular formula is C18H30N4O2. The van der Waals surface area contributed by atoms with Gasteiger partial charge in [0.1, 0.15) is 5.60 Å². The number of nitrogens with one attached hydrogen (secondary N) is 3. The highest BCUT2D eigenvalue weighted by Crippen LogP contribution is 2.06. The summed E-state index contributed by atoms with van der Waals surface area (Å²) in [5.74, 6) is 0.726. The summed E-state index contributed by atoms with van der Waals surface area (Å²) >= 11 is 0. The lowest BCUT2D eigenvalue weighted by atomic mass is 10.1. The quantitative estimate of drug-likeness (QED) is 0.425. The Morgan fingerprint density at radius 2 is 1.71 bits per heavy atom. The molecule has 1 amide bonds. The number of amides is 1. The van der Waals surface area contributed by atoms with Gasteiger partial charge >= 0.3 is 6.09 Å². The van der Waals surface area contributed by atoms with Crippen molar-refractivity contribution >= 4 is 12.1 Å². The maximum Gasteiger partial charge on any atom is 0.407 e. The second-order valence-electron chi connectivity index (χ2n) is 6.54. The van der Waals surface area contributed by atoms with Crippen molar-refractivity contribution in [3.05, 3.63) is 35.4 Å². The van der Waals surface area contributed by atoms with E-state index in [0.717, 1.165) is 18.1 Å². The molecular weight excluding hydrogens is 304 g/mol. The molecule has 1 aromatic carbocycles. The first kappa shape index (κ1) is 19.8. The van der Waals surface area contributed by atoms with Gasteiger partial charge in [0.15, 0.2) is 5.96 Å². The van der Waals surface area contributed by atoms with Crippen LogP contribution >= 0.6 is 0 Å². The number of guanidine groups is 1. The maximum atomic E-state index is 11.6. The summed E-state index contributed by atoms with van der Waals surface area (Å²) in [5, 5.41) is 9.08. The number of ether oxygens (including phenoxy) is 1. The van der Waals surface area contributed by atoms with Crippen molar-refractivity contribution in [2.45, 2.75) is 46.8 Å². The molecule has 0 radical (unpaired) electrons. The van der Waals surface area contributed by atoms with Gasteiger partial charge in [-0.3, -0.25) is 0 Å². The van der Waals surface area contributed by atoms with Gasteiger partial charge < -0.3 is 20.7 Å². The highest BCUT2D eigenvalue weighted by Gasteiger charge is 2.15. The number of aryl methyl sites for hydroxylation is 1. The Morgan fingerprint density at radius 1 is 1.08 bits per heavy atom. The molecule has 6 nitrogen and oxygen atoms in total. The highest BCUT2D eigenvalue weighted by molar-refractivity contribution is 5.79. The van der Waals surface area contributed by atoms with Gasteiger partial charge in [0.2, 0.25) is 0 Å². The number of rotatable bonds is 6. The van der Waals surface area contributed by atoms with Gasteiger partial charge in [0.05, 0.1) is 6.54 Å². The molecule has 24 heavy (non-hydrogen) atoms. The lowest BCUT2D eigenvalue weighted by molar-refractivity contribution is 0.0529. The molecule has 0 saturated heterocycles. The second-order valence-corrected chi connectivity index (χ2v) is 6.54. The summed E-state index contributed by atoms with van der Waals surface area (Å²) in [6, 6.07) is 8.31. The second kappa shape index (κ2) is 9.80. The van der Waals surface area contributed by atoms with E-state index < -0.39 is 11.7 Å². The molecule has 0 fully saturated rings. The third-order valence-electron chi connectivity index (χ3n) is 2.97. The van der Waals surface area contributed by atoms with Crippen molar-refractivity contribution in [1.82, 2.24) is 16.0 Å². The van der Waals surface area contributed by atoms with Crippen LogP contribution in [0.2, 0.25) is 0 Å². The van der Waals surface area contributed by atoms with E-state index in [0.29, 0.717) is 19.6 Å². The molecule has 0 heterocycles. The maximum absolute atomic E-state index is 11.6. The van der Waals surface area contributed by atoms with Crippen molar-refractivity contribution in [2.24, 2.45) is 4.99 Å². The van der Waals surface area contributed by atoms with Crippen molar-refractivity contribution in [2.75, 3.05) is 19.6 Å². The first-order valence-corrected chi connectivity index (χ1v) is 8.34. The van der Waals surface area contributed by atoms with Crippen molar-refractivity contribution < 1.29 is 9.53 Å². The zero-order valence-electron chi connectivity index (χ0n) is 15.4. The van der Waals surface area contributed by atoms with Crippen LogP contribution in [0, 0.1) is 6.92 Å². The molecule has 0 unspecified atom stereocenters. The first-order valence-electron chi connectivity index (χ1n) is 8.34. The number of benzene rings is 1. The SMILES string of the molecule is CCNC(=NCc1ccc(C)cc1)NCCNC(=O)OC(C)(C)C. The van der Waals surface area contributed by atoms with Crippen molar-refractivity contribution in [3.63, 3.8) is 0 Å². The summed E-state index contributed by atoms with van der Waals surface area (Å²) in [7, 11) is 0. The van der Waals surface area contributed by atoms with Crippen LogP contribution in [0.15, 0.2) is 29.3 Å². The molecule has 0 aliphatic heterocycles. The van der Waals surface area contributed by atoms with Crippen LogP contribution in [-0.4, -0.2) is 37.3 Å². The Morgan fingerprint density at radius 3 is 2.29 bits per heavy atom. The monoisotopic (exact) mass is 334 g/mol. The minimum absolute atomic E-state index is 0.411. The van der Waals surface area contributed by atoms with Gasteiger partial charge in [-0.05, 0) is 40.2 Å². The predicted molar refractivity (Wildman–Crippen MR) is 98.2 cm³/mol. The summed E-state index contributed by atoms with van der Waals surface area (Å²) in [6.45, 7) is 12.0. The summed E-state index contributed by atoms with van der Waals surface area (Å²) in [6.07, 6.45) is -0.411. The Kier molecular flexibility index (Phi) is 8.09. The molecule has 0 aromatic heterocycles. The molecule has 0 aliphatic rings. The topological polar surface area (TPSA) is 74.8 Å². The molecule has 1 rings (SSSR count). The fourth-order valence-corrected chi connectivity index (χ4v) is 1.87. The summed E-state index contributed by atoms with van der Waals surface area (Å²) in [4.78, 5) is 16.1. The van der Waals surface area contributed by atoms with Crippen LogP contribution < -0.4 is 16.0 Å². The molecule has 0 saturated carbocycles. The fraction of sp³-hybridized carbons (Fsp3) is 0.556. The molecule has 3 N–H and O–H groups in total. The minimum Gasteiger partial charge on any atom is -0.444 e. The Balaban J connectivity index is 2.38. The van der Waals surface area contributed by atoms with Crippen LogP contribution in [0.1, 0.15) is 38.8 Å². The van der Waals surface area contributed by atoms with Gasteiger partial charge in [0.25, 0.3) is 0 Å². The van der Waals surface area contributed by atoms with Gasteiger partial charge in [-0.2, -0.15) is 0 Å². The number of nitrogens with zero attached hydrogens (tertiary/aromatic N) is 1. The standard InChI is InChI=1S/C18H30N4O2/c1-6-19-16(22-13-15-9-7-14(2)8-10-15)20-11-12-21-17(23)24-18(3,4)5/h7-10H,6,11-13H2,1-5H3,(H,21,23)(H2,19,20,22). The van der Waals surface area contributed by atoms with E-state index in [9.17, 15) is 4.79 Å². The van der Waals surface area contributed by atoms with Gasteiger partial charge in [-0.25, -0.2) is 9.79 Å². The highest BCUT2D eigenvalue weighted by atomic mass is 16.6. The predicted octanol–water partition coefficient (Wildman–Crippen LogP) is 2.57. The molecule has 6 heteroatoms. The first-order chi connectivity index (χ1) is 11.3. The molecule has 0 aliphatic carbocycles. The summed E-state index contributed by atoms with van der Waals surface area (Å²) in [5.41, 5.74) is 1.91. The van der Waals surface area contributed by atoms with E-state index in [1.165, 1.54) is 5.56 Å². The van der Waals surface area contributed by atoms with Gasteiger partial charge in [-0.15, -0.1) is 0 Å². The number of aliphatic imine (C=N–C) groups is 1. The number of alkyl carbamates (subject to hydrolysis) is 1. The lowest BCUT2D eigenvalue weighted by Gasteiger charge is -2.19. The fourth-order valence-electron chi connectivity index (χ4n) is 1.87. The van der Waals surface area contributed by atoms with Crippen LogP contribution in [0.3, 0.4) is 0 Å². The van der Waals surface area contributed by atoms with E-state index in [1.807, 2.05) is 27.7 Å². The average Bonchev–Trinajstić information content (AvgIpc) is 2.49. The Labute approximate surface area is 145 Å². The Hall–Kier alpha value is -2.24. The molecule has 134 valence electrons. The Bertz CT molecular complexity index is 533. The normalized spacial score (nSPS) is 11.8. The third kappa shape index (κ3) is 9.02. The number of carbonyl (C=O) groups excluding carboxylic acids is 1. The van der Waals surface area contributed by atoms with Crippen LogP contribution in [0.4, 0.5) is 4.79 Å². The van der Waals surface area contributed by atoms with E-state index >= 15 is 0 Å². The number of hydrogen-bond donors (Lipinski definition) is 3. The van der Waals surface area contributed by atoms with Crippen LogP contribution in [0.5, 0.6) is 0 Å². The zero-order valence-corrected chi connectivity index (χ0v) is 15.4. The van der Waals surface area contributed by atoms with Crippen LogP contribution in [-0.2, 0) is 11.3 Å². The number of hydrogen-bond acceptors (Lipinski definition) is 3. The van der Waals surface area contributed by atoms with E-state index in [1.54, 1.807) is 0 Å². The molecule has 1 aromatic rings. The molecule has 0 bridgehead atoms. The van der Waals surface area contributed by atoms with E-state index in [-0.39, 0.29) is 0 Å². The van der Waals surface area contributed by atoms with Gasteiger partial charge in [-0.1, -0.05) is 29.8 Å². The zero-order chi connectivity index (χ0) is 18.0. The van der Waals surface area contributed by atoms with Crippen molar-refractivity contribution in [1.29, 1.82) is 0 Å². The smallest absolute Gasteiger partial charge is 0.407 e. The largest absolute Gasteiger partial charge is 0.444 e. The van der Waals surface area contributed by atoms with Crippen LogP contribution in [0.25, 0.3) is 0 Å². The molecule has 0 spiro atoms. The molecule has 0 atom stereocenters. The van der Waals surface area contributed by atoms with E-state index in [2.05, 4.69) is 52.1 Å². The average molecular weight is 334 g/mol. The van der Waals surface area contributed by atoms with Crippen molar-refractivity contribution in [3.8, 4) is 0 Å². The summed E-state index contributed by atoms with van der Waals surface area (Å²) < 4.78 is 5.18. The number of carbonyl (C=O) groups is 1. The van der Waals surface area contributed by atoms with Gasteiger partial charge in [0, 0.05) is 19.6 Å². The lowest BCUT2D eigenvalue weighted by Crippen LogP contribution is -2.42. The van der Waals surface area contributed by atoms with E-state index in [4.69, 9.17) is 4.74 Å². The third-order valence-corrected chi connectivity index (χ3v) is 2.97. The minimum atomic E-state index is -0.484.